The van der Waals surface area contributed by atoms with Gasteiger partial charge in [-0.2, -0.15) is 0 Å². The Labute approximate surface area is 164 Å². The highest BCUT2D eigenvalue weighted by Crippen LogP contribution is 2.39. The fourth-order valence-electron chi connectivity index (χ4n) is 3.52. The molecular formula is C24H23NO3. The Kier molecular flexibility index (Phi) is 4.55. The molecule has 4 rings (SSSR count). The first-order valence-corrected chi connectivity index (χ1v) is 9.42. The number of carbonyl (C=O) groups excluding carboxylic acids is 1. The number of para-hydroxylation sites is 1. The molecule has 4 nitrogen and oxygen atoms in total. The lowest BCUT2D eigenvalue weighted by Gasteiger charge is -2.11. The third kappa shape index (κ3) is 3.01. The summed E-state index contributed by atoms with van der Waals surface area (Å²) in [5.74, 6) is 1.53. The molecule has 0 atom stereocenters. The van der Waals surface area contributed by atoms with Gasteiger partial charge in [0.05, 0.1) is 5.56 Å². The van der Waals surface area contributed by atoms with Gasteiger partial charge in [0.25, 0.3) is 0 Å². The van der Waals surface area contributed by atoms with E-state index >= 15 is 0 Å². The van der Waals surface area contributed by atoms with E-state index in [4.69, 9.17) is 9.47 Å². The number of fused-ring (bicyclic) bond motifs is 2. The molecule has 0 unspecified atom stereocenters. The molecular weight excluding hydrogens is 350 g/mol. The average Bonchev–Trinajstić information content (AvgIpc) is 3.20. The molecule has 2 aromatic carbocycles. The summed E-state index contributed by atoms with van der Waals surface area (Å²) < 4.78 is 13.9. The van der Waals surface area contributed by atoms with Crippen molar-refractivity contribution in [3.05, 3.63) is 77.2 Å². The van der Waals surface area contributed by atoms with Crippen molar-refractivity contribution in [2.24, 2.45) is 0 Å². The monoisotopic (exact) mass is 373 g/mol. The highest BCUT2D eigenvalue weighted by atomic mass is 16.5. The van der Waals surface area contributed by atoms with Crippen LogP contribution >= 0.6 is 0 Å². The zero-order valence-corrected chi connectivity index (χ0v) is 16.4. The second-order valence-corrected chi connectivity index (χ2v) is 7.14. The Balaban J connectivity index is 1.72. The van der Waals surface area contributed by atoms with Crippen molar-refractivity contribution in [1.29, 1.82) is 0 Å². The number of hydrogen-bond donors (Lipinski definition) is 0. The van der Waals surface area contributed by atoms with E-state index in [1.165, 1.54) is 0 Å². The minimum absolute atomic E-state index is 0.0992. The van der Waals surface area contributed by atoms with Gasteiger partial charge in [0.1, 0.15) is 18.1 Å². The summed E-state index contributed by atoms with van der Waals surface area (Å²) in [6, 6.07) is 11.8. The van der Waals surface area contributed by atoms with Crippen LogP contribution in [0.4, 0.5) is 0 Å². The molecule has 3 aromatic rings. The second kappa shape index (κ2) is 7.04. The van der Waals surface area contributed by atoms with Crippen LogP contribution in [0, 0.1) is 6.92 Å². The first-order chi connectivity index (χ1) is 13.5. The Bertz CT molecular complexity index is 1130. The smallest absolute Gasteiger partial charge is 0.231 e. The van der Waals surface area contributed by atoms with Crippen LogP contribution in [-0.2, 0) is 6.54 Å². The molecule has 0 radical (unpaired) electrons. The quantitative estimate of drug-likeness (QED) is 0.435. The number of hydrogen-bond acceptors (Lipinski definition) is 3. The van der Waals surface area contributed by atoms with Crippen molar-refractivity contribution in [2.75, 3.05) is 6.61 Å². The first-order valence-electron chi connectivity index (χ1n) is 9.42. The van der Waals surface area contributed by atoms with Crippen LogP contribution in [0.1, 0.15) is 35.3 Å². The molecule has 0 spiro atoms. The molecule has 1 aromatic heterocycles. The maximum Gasteiger partial charge on any atom is 0.231 e. The molecule has 0 fully saturated rings. The summed E-state index contributed by atoms with van der Waals surface area (Å²) in [4.78, 5) is 12.9. The molecule has 0 saturated carbocycles. The normalized spacial score (nSPS) is 14.4. The first kappa shape index (κ1) is 18.1. The van der Waals surface area contributed by atoms with E-state index in [1.54, 1.807) is 6.07 Å². The lowest BCUT2D eigenvalue weighted by molar-refractivity contribution is 0.101. The standard InChI is InChI=1S/C24H23NO3/c1-5-25-13-17(18-8-6-7-9-20(18)25)12-22-23(26)19-10-11-21(27-14-15(2)3)16(4)24(19)28-22/h6-13H,2,5,14H2,1,3-4H3/b22-12+. The molecule has 1 aliphatic rings. The van der Waals surface area contributed by atoms with Crippen LogP contribution in [-0.4, -0.2) is 17.0 Å². The predicted molar refractivity (Wildman–Crippen MR) is 112 cm³/mol. The molecule has 0 saturated heterocycles. The van der Waals surface area contributed by atoms with E-state index < -0.39 is 0 Å². The highest BCUT2D eigenvalue weighted by Gasteiger charge is 2.30. The highest BCUT2D eigenvalue weighted by molar-refractivity contribution is 6.15. The predicted octanol–water partition coefficient (Wildman–Crippen LogP) is 5.54. The number of carbonyl (C=O) groups is 1. The van der Waals surface area contributed by atoms with Gasteiger partial charge in [-0.25, -0.2) is 0 Å². The SMILES string of the molecule is C=C(C)COc1ccc2c(c1C)O/C(=C/c1cn(CC)c3ccccc13)C2=O. The number of ether oxygens (including phenoxy) is 2. The van der Waals surface area contributed by atoms with Crippen molar-refractivity contribution < 1.29 is 14.3 Å². The van der Waals surface area contributed by atoms with Crippen LogP contribution < -0.4 is 9.47 Å². The third-order valence-corrected chi connectivity index (χ3v) is 4.96. The zero-order valence-electron chi connectivity index (χ0n) is 16.4. The van der Waals surface area contributed by atoms with E-state index in [2.05, 4.69) is 36.4 Å². The summed E-state index contributed by atoms with van der Waals surface area (Å²) in [7, 11) is 0. The third-order valence-electron chi connectivity index (χ3n) is 4.96. The molecule has 0 amide bonds. The van der Waals surface area contributed by atoms with Gasteiger partial charge in [-0.05, 0) is 50.6 Å². The number of aromatic nitrogens is 1. The summed E-state index contributed by atoms with van der Waals surface area (Å²) in [5, 5.41) is 1.10. The van der Waals surface area contributed by atoms with Crippen molar-refractivity contribution in [3.63, 3.8) is 0 Å². The van der Waals surface area contributed by atoms with Crippen LogP contribution in [0.2, 0.25) is 0 Å². The molecule has 2 heterocycles. The number of rotatable bonds is 5. The Morgan fingerprint density at radius 3 is 2.79 bits per heavy atom. The van der Waals surface area contributed by atoms with Gasteiger partial charge < -0.3 is 14.0 Å². The number of Topliss-reactive ketones (excluding diaryl/α,β-unsaturated/α-hetero) is 1. The molecule has 0 aliphatic carbocycles. The Morgan fingerprint density at radius 1 is 1.25 bits per heavy atom. The van der Waals surface area contributed by atoms with Crippen molar-refractivity contribution in [1.82, 2.24) is 4.57 Å². The largest absolute Gasteiger partial charge is 0.489 e. The summed E-state index contributed by atoms with van der Waals surface area (Å²) in [6.45, 7) is 11.1. The van der Waals surface area contributed by atoms with Crippen molar-refractivity contribution in [3.8, 4) is 11.5 Å². The fraction of sp³-hybridized carbons (Fsp3) is 0.208. The molecule has 0 bridgehead atoms. The van der Waals surface area contributed by atoms with Crippen LogP contribution in [0.25, 0.3) is 17.0 Å². The van der Waals surface area contributed by atoms with Crippen LogP contribution in [0.3, 0.4) is 0 Å². The van der Waals surface area contributed by atoms with Crippen LogP contribution in [0.15, 0.2) is 60.5 Å². The van der Waals surface area contributed by atoms with Gasteiger partial charge in [0.15, 0.2) is 5.76 Å². The van der Waals surface area contributed by atoms with E-state index in [-0.39, 0.29) is 5.78 Å². The molecule has 1 aliphatic heterocycles. The number of benzene rings is 2. The van der Waals surface area contributed by atoms with Gasteiger partial charge in [0.2, 0.25) is 5.78 Å². The maximum atomic E-state index is 12.9. The van der Waals surface area contributed by atoms with Gasteiger partial charge in [-0.1, -0.05) is 24.8 Å². The summed E-state index contributed by atoms with van der Waals surface area (Å²) in [5.41, 5.74) is 4.46. The van der Waals surface area contributed by atoms with E-state index in [0.717, 1.165) is 34.1 Å². The van der Waals surface area contributed by atoms with E-state index in [1.807, 2.05) is 38.1 Å². The average molecular weight is 373 g/mol. The minimum Gasteiger partial charge on any atom is -0.489 e. The van der Waals surface area contributed by atoms with Crippen molar-refractivity contribution >= 4 is 22.8 Å². The molecule has 28 heavy (non-hydrogen) atoms. The molecule has 0 N–H and O–H groups in total. The Hall–Kier alpha value is -3.27. The Morgan fingerprint density at radius 2 is 2.04 bits per heavy atom. The maximum absolute atomic E-state index is 12.9. The second-order valence-electron chi connectivity index (χ2n) is 7.14. The summed E-state index contributed by atoms with van der Waals surface area (Å²) in [6.07, 6.45) is 3.90. The topological polar surface area (TPSA) is 40.5 Å². The van der Waals surface area contributed by atoms with Crippen molar-refractivity contribution in [2.45, 2.75) is 27.3 Å². The molecule has 4 heteroatoms. The summed E-state index contributed by atoms with van der Waals surface area (Å²) >= 11 is 0. The molecule has 142 valence electrons. The minimum atomic E-state index is -0.0992. The van der Waals surface area contributed by atoms with E-state index in [9.17, 15) is 4.79 Å². The van der Waals surface area contributed by atoms with Gasteiger partial charge >= 0.3 is 0 Å². The number of ketones is 1. The van der Waals surface area contributed by atoms with Gasteiger partial charge in [-0.3, -0.25) is 4.79 Å². The zero-order chi connectivity index (χ0) is 19.8. The van der Waals surface area contributed by atoms with Gasteiger partial charge in [0, 0.05) is 34.8 Å². The van der Waals surface area contributed by atoms with E-state index in [0.29, 0.717) is 29.4 Å². The lowest BCUT2D eigenvalue weighted by Crippen LogP contribution is -2.00. The van der Waals surface area contributed by atoms with Gasteiger partial charge in [-0.15, -0.1) is 0 Å². The van der Waals surface area contributed by atoms with Crippen LogP contribution in [0.5, 0.6) is 11.5 Å². The number of allylic oxidation sites excluding steroid dienone is 1. The lowest BCUT2D eigenvalue weighted by atomic mass is 10.1. The number of aryl methyl sites for hydroxylation is 1. The number of nitrogens with zero attached hydrogens (tertiary/aromatic N) is 1. The fourth-order valence-corrected chi connectivity index (χ4v) is 3.52.